The Morgan fingerprint density at radius 2 is 2.07 bits per heavy atom. The van der Waals surface area contributed by atoms with E-state index < -0.39 is 12.2 Å². The summed E-state index contributed by atoms with van der Waals surface area (Å²) in [7, 11) is 2.85. The van der Waals surface area contributed by atoms with Gasteiger partial charge in [0.25, 0.3) is 5.79 Å². The van der Waals surface area contributed by atoms with Crippen LogP contribution in [0, 0.1) is 0 Å². The smallest absolute Gasteiger partial charge is 0.256 e. The van der Waals surface area contributed by atoms with E-state index in [1.54, 1.807) is 6.92 Å². The fraction of sp³-hybridized carbons (Fsp3) is 0.583. The third-order valence-corrected chi connectivity index (χ3v) is 2.67. The predicted octanol–water partition coefficient (Wildman–Crippen LogP) is 2.23. The van der Waals surface area contributed by atoms with Crippen molar-refractivity contribution in [2.24, 2.45) is 0 Å². The molecule has 1 rings (SSSR count). The molecule has 1 unspecified atom stereocenters. The van der Waals surface area contributed by atoms with E-state index in [0.29, 0.717) is 17.6 Å². The molecule has 0 N–H and O–H groups in total. The Labute approximate surface area is 92.2 Å². The summed E-state index contributed by atoms with van der Waals surface area (Å²) in [6, 6.07) is 0. The van der Waals surface area contributed by atoms with Crippen LogP contribution in [0.1, 0.15) is 28.0 Å². The van der Waals surface area contributed by atoms with E-state index in [1.807, 2.05) is 19.1 Å². The van der Waals surface area contributed by atoms with Crippen LogP contribution in [0.2, 0.25) is 0 Å². The number of Topliss-reactive ketones (excluding diaryl/α,β-unsaturated/α-hetero) is 1. The second-order valence-electron chi connectivity index (χ2n) is 3.40. The van der Waals surface area contributed by atoms with Crippen LogP contribution in [0.5, 0.6) is 0 Å². The Morgan fingerprint density at radius 3 is 2.53 bits per heavy atom. The van der Waals surface area contributed by atoms with Gasteiger partial charge in [0.05, 0.1) is 0 Å². The standard InChI is InChI=1S/C12H18O3/c1-5-6-7-8-10-9(2)11(13)12(10,14-3)15-4/h5-6H,7-8H2,1-4H3/b6-5+/i8D. The summed E-state index contributed by atoms with van der Waals surface area (Å²) >= 11 is 0. The molecule has 15 heavy (non-hydrogen) atoms. The molecule has 0 aromatic heterocycles. The van der Waals surface area contributed by atoms with Crippen molar-refractivity contribution in [1.82, 2.24) is 0 Å². The summed E-state index contributed by atoms with van der Waals surface area (Å²) in [5.74, 6) is -1.48. The Kier molecular flexibility index (Phi) is 3.34. The number of hydrogen-bond donors (Lipinski definition) is 0. The van der Waals surface area contributed by atoms with E-state index in [4.69, 9.17) is 10.8 Å². The first-order chi connectivity index (χ1) is 7.55. The lowest BCUT2D eigenvalue weighted by Crippen LogP contribution is -2.53. The highest BCUT2D eigenvalue weighted by molar-refractivity contribution is 6.10. The molecule has 3 nitrogen and oxygen atoms in total. The van der Waals surface area contributed by atoms with Gasteiger partial charge in [-0.25, -0.2) is 0 Å². The van der Waals surface area contributed by atoms with Crippen molar-refractivity contribution in [2.75, 3.05) is 14.2 Å². The predicted molar refractivity (Wildman–Crippen MR) is 58.5 cm³/mol. The third-order valence-electron chi connectivity index (χ3n) is 2.67. The van der Waals surface area contributed by atoms with E-state index in [-0.39, 0.29) is 5.78 Å². The maximum atomic E-state index is 11.7. The van der Waals surface area contributed by atoms with E-state index in [2.05, 4.69) is 0 Å². The Balaban J connectivity index is 2.97. The minimum atomic E-state index is -1.31. The number of hydrogen-bond acceptors (Lipinski definition) is 3. The highest BCUT2D eigenvalue weighted by Gasteiger charge is 2.52. The monoisotopic (exact) mass is 211 g/mol. The molecule has 0 saturated carbocycles. The fourth-order valence-electron chi connectivity index (χ4n) is 1.77. The van der Waals surface area contributed by atoms with Crippen LogP contribution in [0.25, 0.3) is 0 Å². The van der Waals surface area contributed by atoms with Crippen LogP contribution >= 0.6 is 0 Å². The highest BCUT2D eigenvalue weighted by atomic mass is 16.7. The number of rotatable bonds is 5. The highest BCUT2D eigenvalue weighted by Crippen LogP contribution is 2.40. The zero-order valence-electron chi connectivity index (χ0n) is 10.7. The van der Waals surface area contributed by atoms with Crippen LogP contribution in [-0.2, 0) is 14.3 Å². The summed E-state index contributed by atoms with van der Waals surface area (Å²) in [5, 5.41) is 0. The van der Waals surface area contributed by atoms with Gasteiger partial charge in [-0.15, -0.1) is 0 Å². The van der Waals surface area contributed by atoms with Gasteiger partial charge in [0.15, 0.2) is 0 Å². The van der Waals surface area contributed by atoms with Gasteiger partial charge >= 0.3 is 0 Å². The molecule has 3 heteroatoms. The van der Waals surface area contributed by atoms with Crippen LogP contribution < -0.4 is 0 Å². The summed E-state index contributed by atoms with van der Waals surface area (Å²) in [4.78, 5) is 11.7. The summed E-state index contributed by atoms with van der Waals surface area (Å²) < 4.78 is 18.3. The second kappa shape index (κ2) is 4.73. The van der Waals surface area contributed by atoms with Crippen molar-refractivity contribution >= 4 is 5.78 Å². The number of carbonyl (C=O) groups excluding carboxylic acids is 1. The lowest BCUT2D eigenvalue weighted by molar-refractivity contribution is -0.196. The molecule has 1 aliphatic rings. The van der Waals surface area contributed by atoms with E-state index in [9.17, 15) is 4.79 Å². The molecule has 0 aromatic carbocycles. The molecule has 0 aromatic rings. The second-order valence-corrected chi connectivity index (χ2v) is 3.40. The Morgan fingerprint density at radius 1 is 1.47 bits per heavy atom. The molecule has 0 spiro atoms. The third kappa shape index (κ3) is 1.77. The quantitative estimate of drug-likeness (QED) is 0.516. The molecule has 84 valence electrons. The largest absolute Gasteiger partial charge is 0.343 e. The van der Waals surface area contributed by atoms with Crippen LogP contribution in [0.4, 0.5) is 0 Å². The van der Waals surface area contributed by atoms with Gasteiger partial charge in [0.2, 0.25) is 5.78 Å². The van der Waals surface area contributed by atoms with E-state index in [1.165, 1.54) is 14.2 Å². The topological polar surface area (TPSA) is 35.5 Å². The minimum Gasteiger partial charge on any atom is -0.343 e. The normalized spacial score (nSPS) is 22.9. The van der Waals surface area contributed by atoms with E-state index >= 15 is 0 Å². The lowest BCUT2D eigenvalue weighted by atomic mass is 9.78. The molecule has 0 bridgehead atoms. The van der Waals surface area contributed by atoms with Crippen molar-refractivity contribution in [2.45, 2.75) is 32.5 Å². The first kappa shape index (κ1) is 10.6. The van der Waals surface area contributed by atoms with Crippen molar-refractivity contribution in [3.05, 3.63) is 23.3 Å². The molecule has 0 radical (unpaired) electrons. The zero-order chi connectivity index (χ0) is 12.3. The first-order valence-electron chi connectivity index (χ1n) is 5.52. The van der Waals surface area contributed by atoms with Crippen LogP contribution in [-0.4, -0.2) is 25.8 Å². The van der Waals surface area contributed by atoms with Crippen molar-refractivity contribution in [1.29, 1.82) is 0 Å². The van der Waals surface area contributed by atoms with Crippen LogP contribution in [0.3, 0.4) is 0 Å². The van der Waals surface area contributed by atoms with E-state index in [0.717, 1.165) is 0 Å². The Bertz CT molecular complexity index is 340. The van der Waals surface area contributed by atoms with Crippen molar-refractivity contribution in [3.8, 4) is 0 Å². The molecule has 0 aliphatic heterocycles. The van der Waals surface area contributed by atoms with Gasteiger partial charge < -0.3 is 9.47 Å². The summed E-state index contributed by atoms with van der Waals surface area (Å²) in [6.07, 6.45) is 3.86. The molecule has 1 aliphatic carbocycles. The van der Waals surface area contributed by atoms with Gasteiger partial charge in [-0.05, 0) is 26.7 Å². The van der Waals surface area contributed by atoms with Crippen molar-refractivity contribution < 1.29 is 15.6 Å². The van der Waals surface area contributed by atoms with Crippen LogP contribution in [0.15, 0.2) is 23.3 Å². The number of ether oxygens (including phenoxy) is 2. The van der Waals surface area contributed by atoms with Gasteiger partial charge in [-0.3, -0.25) is 4.79 Å². The van der Waals surface area contributed by atoms with Gasteiger partial charge in [0.1, 0.15) is 0 Å². The molecule has 0 fully saturated rings. The van der Waals surface area contributed by atoms with Gasteiger partial charge in [0, 0.05) is 26.7 Å². The van der Waals surface area contributed by atoms with Gasteiger partial charge in [-0.2, -0.15) is 0 Å². The average Bonchev–Trinajstić information content (AvgIpc) is 2.31. The molecule has 0 amide bonds. The van der Waals surface area contributed by atoms with Crippen molar-refractivity contribution in [3.63, 3.8) is 0 Å². The Hall–Kier alpha value is -0.930. The number of carbonyl (C=O) groups is 1. The number of ketones is 1. The molecular weight excluding hydrogens is 192 g/mol. The molecule has 0 heterocycles. The molecular formula is C12H18O3. The van der Waals surface area contributed by atoms with Gasteiger partial charge in [-0.1, -0.05) is 12.2 Å². The fourth-order valence-corrected chi connectivity index (χ4v) is 1.77. The maximum Gasteiger partial charge on any atom is 0.256 e. The average molecular weight is 211 g/mol. The summed E-state index contributed by atoms with van der Waals surface area (Å²) in [6.45, 7) is 3.62. The first-order valence-corrected chi connectivity index (χ1v) is 4.94. The SMILES string of the molecule is [2H]C(C/C=C/C)C1=C(C)C(=O)C1(OC)OC. The molecule has 0 saturated heterocycles. The lowest BCUT2D eigenvalue weighted by Gasteiger charge is -2.40. The number of methoxy groups -OCH3 is 2. The zero-order valence-corrected chi connectivity index (χ0v) is 9.66. The summed E-state index contributed by atoms with van der Waals surface area (Å²) in [5.41, 5.74) is 1.23. The number of allylic oxidation sites excluding steroid dienone is 2. The maximum absolute atomic E-state index is 11.7. The molecule has 1 atom stereocenters. The minimum absolute atomic E-state index is 0.176.